The van der Waals surface area contributed by atoms with E-state index in [0.29, 0.717) is 0 Å². The summed E-state index contributed by atoms with van der Waals surface area (Å²) in [5.74, 6) is 0.100. The van der Waals surface area contributed by atoms with E-state index in [1.165, 1.54) is 0 Å². The van der Waals surface area contributed by atoms with Crippen molar-refractivity contribution in [2.24, 2.45) is 0 Å². The summed E-state index contributed by atoms with van der Waals surface area (Å²) in [4.78, 5) is 15.1. The van der Waals surface area contributed by atoms with Crippen LogP contribution in [0.1, 0.15) is 25.1 Å². The van der Waals surface area contributed by atoms with Gasteiger partial charge in [-0.15, -0.1) is 0 Å². The molecule has 68 valence electrons. The Kier molecular flexibility index (Phi) is 2.96. The zero-order valence-corrected chi connectivity index (χ0v) is 8.16. The highest BCUT2D eigenvalue weighted by molar-refractivity contribution is 5.97. The molecule has 0 aliphatic rings. The largest absolute Gasteiger partial charge is 0.295 e. The molecule has 2 nitrogen and oxygen atoms in total. The molecule has 0 saturated heterocycles. The number of carbonyl (C=O) groups excluding carboxylic acids is 1. The molecule has 0 bridgehead atoms. The zero-order chi connectivity index (χ0) is 9.84. The van der Waals surface area contributed by atoms with Gasteiger partial charge in [-0.05, 0) is 44.1 Å². The molecule has 0 atom stereocenters. The molecule has 1 rings (SSSR count). The number of rotatable bonds is 2. The topological polar surface area (TPSA) is 30.0 Å². The molecule has 0 amide bonds. The summed E-state index contributed by atoms with van der Waals surface area (Å²) in [6.45, 7) is 5.31. The summed E-state index contributed by atoms with van der Waals surface area (Å²) < 4.78 is 0. The number of pyridine rings is 1. The van der Waals surface area contributed by atoms with Crippen molar-refractivity contribution in [2.75, 3.05) is 0 Å². The summed E-state index contributed by atoms with van der Waals surface area (Å²) in [5, 5.41) is 0. The van der Waals surface area contributed by atoms with E-state index in [0.717, 1.165) is 16.8 Å². The van der Waals surface area contributed by atoms with Crippen LogP contribution in [0.2, 0.25) is 0 Å². The average Bonchev–Trinajstić information content (AvgIpc) is 2.08. The fourth-order valence-corrected chi connectivity index (χ4v) is 0.984. The van der Waals surface area contributed by atoms with Crippen LogP contribution in [-0.2, 0) is 4.79 Å². The molecule has 0 radical (unpaired) electrons. The van der Waals surface area contributed by atoms with Crippen molar-refractivity contribution in [2.45, 2.75) is 20.8 Å². The van der Waals surface area contributed by atoms with Gasteiger partial charge in [-0.1, -0.05) is 6.07 Å². The van der Waals surface area contributed by atoms with Gasteiger partial charge in [-0.2, -0.15) is 0 Å². The molecule has 1 heterocycles. The van der Waals surface area contributed by atoms with Crippen LogP contribution >= 0.6 is 0 Å². The van der Waals surface area contributed by atoms with Crippen LogP contribution in [0.5, 0.6) is 0 Å². The van der Waals surface area contributed by atoms with E-state index in [4.69, 9.17) is 0 Å². The third-order valence-corrected chi connectivity index (χ3v) is 1.98. The zero-order valence-electron chi connectivity index (χ0n) is 8.16. The SMILES string of the molecule is CC(=O)/C(C)=C\c1cccnc1C. The lowest BCUT2D eigenvalue weighted by atomic mass is 10.1. The third-order valence-electron chi connectivity index (χ3n) is 1.98. The first kappa shape index (κ1) is 9.65. The molecular weight excluding hydrogens is 162 g/mol. The highest BCUT2D eigenvalue weighted by Crippen LogP contribution is 2.09. The highest BCUT2D eigenvalue weighted by atomic mass is 16.1. The van der Waals surface area contributed by atoms with Crippen molar-refractivity contribution in [3.8, 4) is 0 Å². The minimum Gasteiger partial charge on any atom is -0.295 e. The second-order valence-corrected chi connectivity index (χ2v) is 3.06. The molecular formula is C11H13NO. The molecule has 0 spiro atoms. The van der Waals surface area contributed by atoms with Gasteiger partial charge < -0.3 is 0 Å². The van der Waals surface area contributed by atoms with Gasteiger partial charge in [0.15, 0.2) is 5.78 Å². The number of nitrogens with zero attached hydrogens (tertiary/aromatic N) is 1. The Morgan fingerprint density at radius 3 is 2.69 bits per heavy atom. The van der Waals surface area contributed by atoms with E-state index < -0.39 is 0 Å². The van der Waals surface area contributed by atoms with Crippen LogP contribution < -0.4 is 0 Å². The second kappa shape index (κ2) is 3.99. The number of hydrogen-bond acceptors (Lipinski definition) is 2. The molecule has 0 fully saturated rings. The molecule has 0 aliphatic heterocycles. The number of aryl methyl sites for hydroxylation is 1. The van der Waals surface area contributed by atoms with Crippen LogP contribution in [0.3, 0.4) is 0 Å². The predicted molar refractivity (Wildman–Crippen MR) is 53.3 cm³/mol. The van der Waals surface area contributed by atoms with Crippen LogP contribution in [0, 0.1) is 6.92 Å². The Bertz CT molecular complexity index is 353. The Hall–Kier alpha value is -1.44. The van der Waals surface area contributed by atoms with Gasteiger partial charge in [-0.25, -0.2) is 0 Å². The molecule has 1 aromatic rings. The Morgan fingerprint density at radius 2 is 2.15 bits per heavy atom. The number of allylic oxidation sites excluding steroid dienone is 1. The molecule has 13 heavy (non-hydrogen) atoms. The van der Waals surface area contributed by atoms with Crippen molar-refractivity contribution in [3.63, 3.8) is 0 Å². The summed E-state index contributed by atoms with van der Waals surface area (Å²) >= 11 is 0. The van der Waals surface area contributed by atoms with E-state index in [2.05, 4.69) is 4.98 Å². The molecule has 0 N–H and O–H groups in total. The van der Waals surface area contributed by atoms with Gasteiger partial charge in [0.05, 0.1) is 0 Å². The van der Waals surface area contributed by atoms with Crippen LogP contribution in [0.25, 0.3) is 6.08 Å². The Labute approximate surface area is 78.3 Å². The quantitative estimate of drug-likeness (QED) is 0.646. The number of Topliss-reactive ketones (excluding diaryl/α,β-unsaturated/α-hetero) is 1. The van der Waals surface area contributed by atoms with Gasteiger partial charge in [0.25, 0.3) is 0 Å². The van der Waals surface area contributed by atoms with E-state index >= 15 is 0 Å². The number of carbonyl (C=O) groups is 1. The fourth-order valence-electron chi connectivity index (χ4n) is 0.984. The van der Waals surface area contributed by atoms with E-state index in [1.807, 2.05) is 32.1 Å². The minimum atomic E-state index is 0.100. The maximum atomic E-state index is 11.0. The smallest absolute Gasteiger partial charge is 0.155 e. The monoisotopic (exact) mass is 175 g/mol. The standard InChI is InChI=1S/C11H13NO/c1-8(10(3)13)7-11-5-4-6-12-9(11)2/h4-7H,1-3H3/b8-7-. The minimum absolute atomic E-state index is 0.100. The maximum Gasteiger partial charge on any atom is 0.155 e. The summed E-state index contributed by atoms with van der Waals surface area (Å²) in [7, 11) is 0. The van der Waals surface area contributed by atoms with Crippen molar-refractivity contribution in [1.29, 1.82) is 0 Å². The molecule has 2 heteroatoms. The molecule has 0 saturated carbocycles. The van der Waals surface area contributed by atoms with Crippen molar-refractivity contribution >= 4 is 11.9 Å². The van der Waals surface area contributed by atoms with Gasteiger partial charge in [0, 0.05) is 11.9 Å². The first-order valence-corrected chi connectivity index (χ1v) is 4.22. The first-order chi connectivity index (χ1) is 6.11. The fraction of sp³-hybridized carbons (Fsp3) is 0.273. The molecule has 0 unspecified atom stereocenters. The Balaban J connectivity index is 3.04. The van der Waals surface area contributed by atoms with Crippen LogP contribution in [-0.4, -0.2) is 10.8 Å². The van der Waals surface area contributed by atoms with Crippen molar-refractivity contribution in [3.05, 3.63) is 35.2 Å². The number of hydrogen-bond donors (Lipinski definition) is 0. The molecule has 1 aromatic heterocycles. The van der Waals surface area contributed by atoms with Crippen LogP contribution in [0.4, 0.5) is 0 Å². The summed E-state index contributed by atoms with van der Waals surface area (Å²) in [6.07, 6.45) is 3.61. The van der Waals surface area contributed by atoms with E-state index in [1.54, 1.807) is 13.1 Å². The van der Waals surface area contributed by atoms with Gasteiger partial charge in [-0.3, -0.25) is 9.78 Å². The highest BCUT2D eigenvalue weighted by Gasteiger charge is 1.98. The van der Waals surface area contributed by atoms with Crippen molar-refractivity contribution < 1.29 is 4.79 Å². The molecule has 0 aromatic carbocycles. The predicted octanol–water partition coefficient (Wildman–Crippen LogP) is 2.38. The summed E-state index contributed by atoms with van der Waals surface area (Å²) in [5.41, 5.74) is 2.72. The van der Waals surface area contributed by atoms with Gasteiger partial charge >= 0.3 is 0 Å². The lowest BCUT2D eigenvalue weighted by Crippen LogP contribution is -1.92. The summed E-state index contributed by atoms with van der Waals surface area (Å²) in [6, 6.07) is 3.82. The average molecular weight is 175 g/mol. The van der Waals surface area contributed by atoms with Crippen LogP contribution in [0.15, 0.2) is 23.9 Å². The third kappa shape index (κ3) is 2.51. The van der Waals surface area contributed by atoms with Gasteiger partial charge in [0.2, 0.25) is 0 Å². The lowest BCUT2D eigenvalue weighted by Gasteiger charge is -1.99. The molecule has 0 aliphatic carbocycles. The Morgan fingerprint density at radius 1 is 1.46 bits per heavy atom. The van der Waals surface area contributed by atoms with Crippen molar-refractivity contribution in [1.82, 2.24) is 4.98 Å². The number of ketones is 1. The first-order valence-electron chi connectivity index (χ1n) is 4.22. The maximum absolute atomic E-state index is 11.0. The van der Waals surface area contributed by atoms with E-state index in [9.17, 15) is 4.79 Å². The van der Waals surface area contributed by atoms with E-state index in [-0.39, 0.29) is 5.78 Å². The van der Waals surface area contributed by atoms with Gasteiger partial charge in [0.1, 0.15) is 0 Å². The normalized spacial score (nSPS) is 11.5. The number of aromatic nitrogens is 1. The lowest BCUT2D eigenvalue weighted by molar-refractivity contribution is -0.113. The second-order valence-electron chi connectivity index (χ2n) is 3.06.